The maximum atomic E-state index is 12.5. The molecule has 6 heteroatoms. The molecule has 1 atom stereocenters. The molecule has 0 amide bonds. The minimum absolute atomic E-state index is 0.00319. The summed E-state index contributed by atoms with van der Waals surface area (Å²) in [5, 5.41) is 19.2. The van der Waals surface area contributed by atoms with Crippen molar-refractivity contribution in [1.29, 1.82) is 0 Å². The van der Waals surface area contributed by atoms with E-state index in [0.717, 1.165) is 19.3 Å². The molecule has 6 nitrogen and oxygen atoms in total. The molecule has 1 rings (SSSR count). The van der Waals surface area contributed by atoms with Gasteiger partial charge in [-0.1, -0.05) is 321 Å². The Balaban J connectivity index is 1.69. The summed E-state index contributed by atoms with van der Waals surface area (Å²) in [6.45, 7) is 1.21. The number of aliphatic hydroxyl groups is 2. The molecule has 0 bridgehead atoms. The first-order chi connectivity index (χ1) is 34.6. The summed E-state index contributed by atoms with van der Waals surface area (Å²) in [5.41, 5.74) is -1.12. The van der Waals surface area contributed by atoms with Crippen molar-refractivity contribution < 1.29 is 29.3 Å². The van der Waals surface area contributed by atoms with Crippen LogP contribution in [0.4, 0.5) is 0 Å². The van der Waals surface area contributed by atoms with Crippen LogP contribution < -0.4 is 0 Å². The van der Waals surface area contributed by atoms with E-state index in [0.29, 0.717) is 6.42 Å². The molecule has 1 heterocycles. The molecule has 1 aliphatic heterocycles. The second-order valence-corrected chi connectivity index (χ2v) is 22.8. The van der Waals surface area contributed by atoms with E-state index in [-0.39, 0.29) is 19.6 Å². The summed E-state index contributed by atoms with van der Waals surface area (Å²) >= 11 is 0. The molecule has 0 radical (unpaired) electrons. The van der Waals surface area contributed by atoms with Gasteiger partial charge in [-0.15, -0.1) is 0 Å². The maximum absolute atomic E-state index is 12.5. The summed E-state index contributed by atoms with van der Waals surface area (Å²) in [7, 11) is 0. The van der Waals surface area contributed by atoms with E-state index in [2.05, 4.69) is 19.1 Å². The topological polar surface area (TPSA) is 93.1 Å². The molecule has 0 spiro atoms. The van der Waals surface area contributed by atoms with E-state index in [9.17, 15) is 19.8 Å². The van der Waals surface area contributed by atoms with Crippen molar-refractivity contribution in [3.63, 3.8) is 0 Å². The summed E-state index contributed by atoms with van der Waals surface area (Å²) < 4.78 is 10.6. The normalized spacial score (nSPS) is 15.3. The highest BCUT2D eigenvalue weighted by Gasteiger charge is 2.36. The van der Waals surface area contributed by atoms with Crippen LogP contribution in [0.5, 0.6) is 0 Å². The molecule has 1 aliphatic rings. The number of ether oxygens (including phenoxy) is 2. The summed E-state index contributed by atoms with van der Waals surface area (Å²) in [5.74, 6) is -1.40. The number of unbranched alkanes of at least 4 members (excludes halogenated alkanes) is 49. The summed E-state index contributed by atoms with van der Waals surface area (Å²) in [6.07, 6.45) is 77.2. The molecule has 0 aliphatic carbocycles. The number of cyclic esters (lactones) is 2. The van der Waals surface area contributed by atoms with E-state index in [1.807, 2.05) is 0 Å². The molecular formula is C64H122O6. The van der Waals surface area contributed by atoms with Crippen molar-refractivity contribution in [2.45, 2.75) is 347 Å². The predicted octanol–water partition coefficient (Wildman–Crippen LogP) is 19.9. The molecule has 0 aromatic heterocycles. The molecule has 0 saturated carbocycles. The molecule has 1 fully saturated rings. The van der Waals surface area contributed by atoms with Crippen molar-refractivity contribution in [1.82, 2.24) is 0 Å². The number of rotatable bonds is 55. The molecule has 1 saturated heterocycles. The average Bonchev–Trinajstić information content (AvgIpc) is 3.43. The van der Waals surface area contributed by atoms with Crippen molar-refractivity contribution >= 4 is 11.9 Å². The largest absolute Gasteiger partial charge is 0.465 e. The van der Waals surface area contributed by atoms with Crippen molar-refractivity contribution in [2.24, 2.45) is 11.3 Å². The minimum Gasteiger partial charge on any atom is -0.465 e. The maximum Gasteiger partial charge on any atom is 0.309 e. The fourth-order valence-electron chi connectivity index (χ4n) is 10.6. The minimum atomic E-state index is -1.12. The van der Waals surface area contributed by atoms with Crippen molar-refractivity contribution in [3.8, 4) is 0 Å². The Bertz CT molecular complexity index is 1100. The van der Waals surface area contributed by atoms with Gasteiger partial charge in [-0.25, -0.2) is 0 Å². The number of allylic oxidation sites excluding steroid dienone is 2. The summed E-state index contributed by atoms with van der Waals surface area (Å²) in [4.78, 5) is 24.7. The first kappa shape index (κ1) is 66.6. The van der Waals surface area contributed by atoms with Gasteiger partial charge in [-0.05, 0) is 32.1 Å². The van der Waals surface area contributed by atoms with Crippen LogP contribution in [-0.4, -0.2) is 48.6 Å². The molecule has 2 N–H and O–H groups in total. The third kappa shape index (κ3) is 45.2. The van der Waals surface area contributed by atoms with Gasteiger partial charge in [0.15, 0.2) is 0 Å². The monoisotopic (exact) mass is 987 g/mol. The lowest BCUT2D eigenvalue weighted by Crippen LogP contribution is -2.40. The lowest BCUT2D eigenvalue weighted by molar-refractivity contribution is -0.155. The molecule has 70 heavy (non-hydrogen) atoms. The predicted molar refractivity (Wildman–Crippen MR) is 302 cm³/mol. The Kier molecular flexibility index (Phi) is 51.3. The van der Waals surface area contributed by atoms with Crippen molar-refractivity contribution in [3.05, 3.63) is 12.2 Å². The van der Waals surface area contributed by atoms with Crippen LogP contribution in [0, 0.1) is 11.3 Å². The quantitative estimate of drug-likeness (QED) is 0.0358. The Hall–Kier alpha value is -1.40. The Morgan fingerprint density at radius 3 is 0.886 bits per heavy atom. The Morgan fingerprint density at radius 1 is 0.371 bits per heavy atom. The Labute approximate surface area is 436 Å². The number of hydrogen-bond donors (Lipinski definition) is 2. The van der Waals surface area contributed by atoms with Gasteiger partial charge in [-0.2, -0.15) is 0 Å². The number of carbonyl (C=O) groups excluding carboxylic acids is 2. The van der Waals surface area contributed by atoms with E-state index in [1.54, 1.807) is 0 Å². The van der Waals surface area contributed by atoms with Gasteiger partial charge < -0.3 is 19.7 Å². The Morgan fingerprint density at radius 2 is 0.614 bits per heavy atom. The number of aliphatic hydroxyl groups excluding tert-OH is 2. The first-order valence-corrected chi connectivity index (χ1v) is 31.8. The van der Waals surface area contributed by atoms with Crippen LogP contribution in [0.25, 0.3) is 0 Å². The lowest BCUT2D eigenvalue weighted by Gasteiger charge is -2.27. The molecule has 0 aromatic carbocycles. The van der Waals surface area contributed by atoms with Gasteiger partial charge >= 0.3 is 11.9 Å². The van der Waals surface area contributed by atoms with E-state index >= 15 is 0 Å². The van der Waals surface area contributed by atoms with Gasteiger partial charge in [0.1, 0.15) is 13.2 Å². The second kappa shape index (κ2) is 53.9. The zero-order valence-corrected chi connectivity index (χ0v) is 47.1. The second-order valence-electron chi connectivity index (χ2n) is 22.8. The SMILES string of the molecule is CCCCCCCCCCCCCCCCCCCCCCCCCCCCCCCCCCCC/C=C/CCCCCCCCCCCCCCCCCC1CC(=O)OCC(CO)(CO)COC1=O. The zero-order valence-electron chi connectivity index (χ0n) is 47.1. The number of hydrogen-bond acceptors (Lipinski definition) is 6. The smallest absolute Gasteiger partial charge is 0.309 e. The van der Waals surface area contributed by atoms with Crippen LogP contribution in [0.2, 0.25) is 0 Å². The molecule has 1 unspecified atom stereocenters. The fourth-order valence-corrected chi connectivity index (χ4v) is 10.6. The van der Waals surface area contributed by atoms with Gasteiger partial charge in [0.05, 0.1) is 31.0 Å². The van der Waals surface area contributed by atoms with Gasteiger partial charge in [-0.3, -0.25) is 9.59 Å². The highest BCUT2D eigenvalue weighted by Crippen LogP contribution is 2.25. The molecule has 0 aromatic rings. The van der Waals surface area contributed by atoms with Crippen molar-refractivity contribution in [2.75, 3.05) is 26.4 Å². The molecule has 414 valence electrons. The van der Waals surface area contributed by atoms with Gasteiger partial charge in [0.25, 0.3) is 0 Å². The highest BCUT2D eigenvalue weighted by atomic mass is 16.6. The highest BCUT2D eigenvalue weighted by molar-refractivity contribution is 5.80. The van der Waals surface area contributed by atoms with E-state index < -0.39 is 36.5 Å². The third-order valence-electron chi connectivity index (χ3n) is 15.8. The molecular weight excluding hydrogens is 865 g/mol. The summed E-state index contributed by atoms with van der Waals surface area (Å²) in [6, 6.07) is 0. The van der Waals surface area contributed by atoms with Crippen LogP contribution in [-0.2, 0) is 19.1 Å². The third-order valence-corrected chi connectivity index (χ3v) is 15.8. The van der Waals surface area contributed by atoms with Crippen LogP contribution >= 0.6 is 0 Å². The van der Waals surface area contributed by atoms with Gasteiger partial charge in [0, 0.05) is 0 Å². The number of carbonyl (C=O) groups is 2. The van der Waals surface area contributed by atoms with Crippen LogP contribution in [0.15, 0.2) is 12.2 Å². The number of esters is 2. The zero-order chi connectivity index (χ0) is 50.4. The van der Waals surface area contributed by atoms with E-state index in [4.69, 9.17) is 9.47 Å². The average molecular weight is 988 g/mol. The van der Waals surface area contributed by atoms with E-state index in [1.165, 1.54) is 308 Å². The van der Waals surface area contributed by atoms with Gasteiger partial charge in [0.2, 0.25) is 0 Å². The fraction of sp³-hybridized carbons (Fsp3) is 0.938. The lowest BCUT2D eigenvalue weighted by atomic mass is 9.92. The first-order valence-electron chi connectivity index (χ1n) is 31.8. The van der Waals surface area contributed by atoms with Crippen LogP contribution in [0.3, 0.4) is 0 Å². The van der Waals surface area contributed by atoms with Crippen LogP contribution in [0.1, 0.15) is 347 Å². The standard InChI is InChI=1S/C64H122O6/c1-2-3-4-5-6-7-8-9-10-11-12-13-14-15-16-17-18-19-20-21-22-23-24-25-26-27-28-29-30-31-32-33-34-35-36-37-38-39-40-41-42-43-44-45-46-47-48-49-50-51-52-53-54-55-61-56-62(67)69-59-64(57-65,58-66)60-70-63(61)68/h37-38,61,65-66H,2-36,39-60H2,1H3/b38-37+.